The van der Waals surface area contributed by atoms with Crippen LogP contribution in [0.5, 0.6) is 0 Å². The zero-order valence-corrected chi connectivity index (χ0v) is 15.7. The number of primary amides is 1. The third-order valence-corrected chi connectivity index (χ3v) is 5.17. The molecule has 6 heteroatoms. The Hall–Kier alpha value is -3.12. The Balaban J connectivity index is 1.59. The molecular formula is C22H23N5O. The van der Waals surface area contributed by atoms with Crippen molar-refractivity contribution in [3.63, 3.8) is 0 Å². The first-order valence-electron chi connectivity index (χ1n) is 9.53. The maximum absolute atomic E-state index is 11.6. The van der Waals surface area contributed by atoms with E-state index in [0.29, 0.717) is 11.5 Å². The molecule has 1 saturated heterocycles. The fourth-order valence-electron chi connectivity index (χ4n) is 3.86. The summed E-state index contributed by atoms with van der Waals surface area (Å²) in [7, 11) is 0. The third kappa shape index (κ3) is 4.07. The number of piperidine rings is 1. The van der Waals surface area contributed by atoms with Gasteiger partial charge in [0.05, 0.1) is 11.4 Å². The maximum Gasteiger partial charge on any atom is 0.248 e. The number of nitrogens with zero attached hydrogens (tertiary/aromatic N) is 4. The van der Waals surface area contributed by atoms with Gasteiger partial charge in [0.25, 0.3) is 0 Å². The minimum Gasteiger partial charge on any atom is -0.366 e. The van der Waals surface area contributed by atoms with E-state index in [2.05, 4.69) is 25.9 Å². The van der Waals surface area contributed by atoms with Crippen LogP contribution in [0.2, 0.25) is 0 Å². The van der Waals surface area contributed by atoms with Crippen LogP contribution >= 0.6 is 0 Å². The number of carbonyl (C=O) groups excluding carboxylic acids is 1. The summed E-state index contributed by atoms with van der Waals surface area (Å²) in [6, 6.07) is 11.4. The molecule has 1 aliphatic rings. The molecule has 0 aliphatic carbocycles. The fourth-order valence-corrected chi connectivity index (χ4v) is 3.86. The summed E-state index contributed by atoms with van der Waals surface area (Å²) in [5.74, 6) is -0.140. The largest absolute Gasteiger partial charge is 0.366 e. The molecule has 2 N–H and O–H groups in total. The van der Waals surface area contributed by atoms with Gasteiger partial charge in [0.2, 0.25) is 5.91 Å². The molecule has 0 radical (unpaired) electrons. The molecule has 1 aromatic carbocycles. The van der Waals surface area contributed by atoms with E-state index in [4.69, 9.17) is 5.73 Å². The summed E-state index contributed by atoms with van der Waals surface area (Å²) >= 11 is 0. The number of amides is 1. The number of carbonyl (C=O) groups is 1. The van der Waals surface area contributed by atoms with Crippen molar-refractivity contribution in [3.8, 4) is 11.3 Å². The van der Waals surface area contributed by atoms with Crippen molar-refractivity contribution in [1.29, 1.82) is 0 Å². The lowest BCUT2D eigenvalue weighted by Gasteiger charge is -2.33. The van der Waals surface area contributed by atoms with Crippen molar-refractivity contribution in [3.05, 3.63) is 78.0 Å². The molecular weight excluding hydrogens is 350 g/mol. The summed E-state index contributed by atoms with van der Waals surface area (Å²) in [5, 5.41) is 0. The standard InChI is InChI=1S/C22H23N5O/c23-22(28)18-6-1-5-17(12-18)20-21(26-10-9-25-20)19-7-3-11-27(15-19)14-16-4-2-8-24-13-16/h1-2,4-6,8-10,12-13,19H,3,7,11,14-15H2,(H2,23,28)/t19-/m0/s1. The molecule has 1 atom stereocenters. The number of pyridine rings is 1. The van der Waals surface area contributed by atoms with Crippen LogP contribution in [0.3, 0.4) is 0 Å². The van der Waals surface area contributed by atoms with E-state index < -0.39 is 5.91 Å². The molecule has 1 fully saturated rings. The quantitative estimate of drug-likeness (QED) is 0.743. The van der Waals surface area contributed by atoms with E-state index in [0.717, 1.165) is 49.4 Å². The van der Waals surface area contributed by atoms with Gasteiger partial charge in [-0.2, -0.15) is 0 Å². The van der Waals surface area contributed by atoms with Crippen molar-refractivity contribution in [2.75, 3.05) is 13.1 Å². The summed E-state index contributed by atoms with van der Waals surface area (Å²) in [4.78, 5) is 27.5. The van der Waals surface area contributed by atoms with Gasteiger partial charge in [-0.15, -0.1) is 0 Å². The zero-order valence-electron chi connectivity index (χ0n) is 15.7. The van der Waals surface area contributed by atoms with Crippen LogP contribution in [0.4, 0.5) is 0 Å². The van der Waals surface area contributed by atoms with Gasteiger partial charge in [-0.05, 0) is 43.1 Å². The molecule has 0 saturated carbocycles. The Kier molecular flexibility index (Phi) is 5.39. The number of hydrogen-bond donors (Lipinski definition) is 1. The molecule has 2 aromatic heterocycles. The number of aromatic nitrogens is 3. The summed E-state index contributed by atoms with van der Waals surface area (Å²) < 4.78 is 0. The van der Waals surface area contributed by atoms with Gasteiger partial charge >= 0.3 is 0 Å². The van der Waals surface area contributed by atoms with E-state index in [9.17, 15) is 4.79 Å². The van der Waals surface area contributed by atoms with E-state index in [-0.39, 0.29) is 0 Å². The number of benzene rings is 1. The summed E-state index contributed by atoms with van der Waals surface area (Å²) in [5.41, 5.74) is 9.84. The van der Waals surface area contributed by atoms with Crippen molar-refractivity contribution < 1.29 is 4.79 Å². The van der Waals surface area contributed by atoms with E-state index >= 15 is 0 Å². The van der Waals surface area contributed by atoms with Gasteiger partial charge < -0.3 is 5.73 Å². The molecule has 0 unspecified atom stereocenters. The Labute approximate surface area is 164 Å². The van der Waals surface area contributed by atoms with E-state index in [1.54, 1.807) is 30.7 Å². The first kappa shape index (κ1) is 18.3. The highest BCUT2D eigenvalue weighted by atomic mass is 16.1. The molecule has 1 aliphatic heterocycles. The second-order valence-corrected chi connectivity index (χ2v) is 7.17. The molecule has 1 amide bonds. The number of hydrogen-bond acceptors (Lipinski definition) is 5. The first-order valence-corrected chi connectivity index (χ1v) is 9.53. The molecule has 28 heavy (non-hydrogen) atoms. The van der Waals surface area contributed by atoms with Crippen LogP contribution in [0.25, 0.3) is 11.3 Å². The summed E-state index contributed by atoms with van der Waals surface area (Å²) in [6.45, 7) is 2.88. The van der Waals surface area contributed by atoms with E-state index in [1.165, 1.54) is 5.56 Å². The van der Waals surface area contributed by atoms with Crippen molar-refractivity contribution >= 4 is 5.91 Å². The van der Waals surface area contributed by atoms with Gasteiger partial charge in [0, 0.05) is 54.9 Å². The highest BCUT2D eigenvalue weighted by molar-refractivity contribution is 5.94. The minimum atomic E-state index is -0.437. The normalized spacial score (nSPS) is 17.4. The lowest BCUT2D eigenvalue weighted by atomic mass is 9.91. The van der Waals surface area contributed by atoms with Crippen LogP contribution in [-0.2, 0) is 6.54 Å². The Morgan fingerprint density at radius 1 is 1.14 bits per heavy atom. The minimum absolute atomic E-state index is 0.298. The second kappa shape index (κ2) is 8.27. The number of nitrogens with two attached hydrogens (primary N) is 1. The Morgan fingerprint density at radius 2 is 2.04 bits per heavy atom. The third-order valence-electron chi connectivity index (χ3n) is 5.17. The van der Waals surface area contributed by atoms with Gasteiger partial charge in [0.1, 0.15) is 0 Å². The van der Waals surface area contributed by atoms with Crippen LogP contribution in [0.1, 0.15) is 40.4 Å². The summed E-state index contributed by atoms with van der Waals surface area (Å²) in [6.07, 6.45) is 9.36. The molecule has 3 heterocycles. The van der Waals surface area contributed by atoms with Crippen LogP contribution in [0, 0.1) is 0 Å². The van der Waals surface area contributed by atoms with Crippen LogP contribution in [0.15, 0.2) is 61.2 Å². The molecule has 142 valence electrons. The topological polar surface area (TPSA) is 85.0 Å². The van der Waals surface area contributed by atoms with Crippen molar-refractivity contribution in [1.82, 2.24) is 19.9 Å². The lowest BCUT2D eigenvalue weighted by Crippen LogP contribution is -2.34. The number of likely N-dealkylation sites (tertiary alicyclic amines) is 1. The Bertz CT molecular complexity index is 960. The second-order valence-electron chi connectivity index (χ2n) is 7.17. The van der Waals surface area contributed by atoms with Gasteiger partial charge in [-0.1, -0.05) is 18.2 Å². The molecule has 4 rings (SSSR count). The average molecular weight is 373 g/mol. The molecule has 6 nitrogen and oxygen atoms in total. The van der Waals surface area contributed by atoms with E-state index in [1.807, 2.05) is 24.4 Å². The highest BCUT2D eigenvalue weighted by Crippen LogP contribution is 2.32. The van der Waals surface area contributed by atoms with Gasteiger partial charge in [0.15, 0.2) is 0 Å². The SMILES string of the molecule is NC(=O)c1cccc(-c2nccnc2[C@H]2CCCN(Cc3cccnc3)C2)c1. The predicted octanol–water partition coefficient (Wildman–Crippen LogP) is 3.02. The first-order chi connectivity index (χ1) is 13.7. The highest BCUT2D eigenvalue weighted by Gasteiger charge is 2.25. The monoisotopic (exact) mass is 373 g/mol. The van der Waals surface area contributed by atoms with Gasteiger partial charge in [-0.25, -0.2) is 0 Å². The smallest absolute Gasteiger partial charge is 0.248 e. The average Bonchev–Trinajstić information content (AvgIpc) is 2.75. The maximum atomic E-state index is 11.6. The van der Waals surface area contributed by atoms with Gasteiger partial charge in [-0.3, -0.25) is 24.6 Å². The molecule has 0 spiro atoms. The van der Waals surface area contributed by atoms with Crippen molar-refractivity contribution in [2.24, 2.45) is 5.73 Å². The zero-order chi connectivity index (χ0) is 19.3. The molecule has 3 aromatic rings. The fraction of sp³-hybridized carbons (Fsp3) is 0.273. The van der Waals surface area contributed by atoms with Crippen LogP contribution < -0.4 is 5.73 Å². The van der Waals surface area contributed by atoms with Crippen LogP contribution in [-0.4, -0.2) is 38.8 Å². The molecule has 0 bridgehead atoms. The lowest BCUT2D eigenvalue weighted by molar-refractivity contribution is 0.100. The predicted molar refractivity (Wildman–Crippen MR) is 107 cm³/mol. The Morgan fingerprint density at radius 3 is 2.86 bits per heavy atom. The van der Waals surface area contributed by atoms with Crippen molar-refractivity contribution in [2.45, 2.75) is 25.3 Å². The number of rotatable bonds is 5.